The molecule has 9 nitrogen and oxygen atoms in total. The van der Waals surface area contributed by atoms with Gasteiger partial charge in [0, 0.05) is 18.8 Å². The van der Waals surface area contributed by atoms with Crippen LogP contribution in [0.4, 0.5) is 31.8 Å². The largest absolute Gasteiger partial charge is 0.378 e. The van der Waals surface area contributed by atoms with Crippen molar-refractivity contribution in [1.82, 2.24) is 19.5 Å². The lowest BCUT2D eigenvalue weighted by molar-refractivity contribution is -0.111. The van der Waals surface area contributed by atoms with E-state index in [2.05, 4.69) is 32.2 Å². The Kier molecular flexibility index (Phi) is 6.06. The molecule has 35 heavy (non-hydrogen) atoms. The second kappa shape index (κ2) is 9.47. The molecular weight excluding hydrogens is 456 g/mol. The standard InChI is InChI=1S/C24H21F2N7O2/c1-2-20(34)29-15-4-3-5-16(12-15)33-14-28-18-13-27-24(31-23(18)33)30-17-6-7-19(22(26)21(17)25)32-8-10-35-11-9-32/h2-7,12-14H,1,8-11H2,(H,29,34)(H,27,30,31). The molecule has 1 aliphatic rings. The molecule has 2 aromatic heterocycles. The van der Waals surface area contributed by atoms with Gasteiger partial charge in [0.05, 0.1) is 36.5 Å². The van der Waals surface area contributed by atoms with E-state index in [9.17, 15) is 13.6 Å². The van der Waals surface area contributed by atoms with Crippen LogP contribution in [0.25, 0.3) is 16.9 Å². The van der Waals surface area contributed by atoms with Crippen molar-refractivity contribution >= 4 is 40.1 Å². The van der Waals surface area contributed by atoms with Gasteiger partial charge in [-0.15, -0.1) is 0 Å². The van der Waals surface area contributed by atoms with E-state index < -0.39 is 11.6 Å². The highest BCUT2D eigenvalue weighted by Gasteiger charge is 2.21. The number of morpholine rings is 1. The molecule has 2 N–H and O–H groups in total. The maximum atomic E-state index is 14.9. The number of anilines is 4. The lowest BCUT2D eigenvalue weighted by Gasteiger charge is -2.29. The number of hydrogen-bond donors (Lipinski definition) is 2. The van der Waals surface area contributed by atoms with Crippen molar-refractivity contribution in [2.75, 3.05) is 41.8 Å². The Balaban J connectivity index is 1.44. The highest BCUT2D eigenvalue weighted by molar-refractivity contribution is 5.99. The quantitative estimate of drug-likeness (QED) is 0.408. The van der Waals surface area contributed by atoms with Crippen molar-refractivity contribution in [3.63, 3.8) is 0 Å². The molecule has 11 heteroatoms. The van der Waals surface area contributed by atoms with Gasteiger partial charge in [-0.3, -0.25) is 9.36 Å². The fourth-order valence-corrected chi connectivity index (χ4v) is 3.79. The third-order valence-electron chi connectivity index (χ3n) is 5.53. The maximum Gasteiger partial charge on any atom is 0.247 e. The predicted octanol–water partition coefficient (Wildman–Crippen LogP) is 3.80. The monoisotopic (exact) mass is 477 g/mol. The average Bonchev–Trinajstić information content (AvgIpc) is 3.31. The zero-order chi connectivity index (χ0) is 24.4. The molecule has 1 saturated heterocycles. The van der Waals surface area contributed by atoms with Gasteiger partial charge in [-0.25, -0.2) is 18.7 Å². The fraction of sp³-hybridized carbons (Fsp3) is 0.167. The van der Waals surface area contributed by atoms with Crippen LogP contribution < -0.4 is 15.5 Å². The predicted molar refractivity (Wildman–Crippen MR) is 128 cm³/mol. The summed E-state index contributed by atoms with van der Waals surface area (Å²) < 4.78 is 36.6. The van der Waals surface area contributed by atoms with Crippen LogP contribution in [0.1, 0.15) is 0 Å². The van der Waals surface area contributed by atoms with Crippen LogP contribution in [0.5, 0.6) is 0 Å². The maximum absolute atomic E-state index is 14.9. The zero-order valence-electron chi connectivity index (χ0n) is 18.5. The summed E-state index contributed by atoms with van der Waals surface area (Å²) in [6.45, 7) is 5.36. The number of halogens is 2. The van der Waals surface area contributed by atoms with Crippen LogP contribution in [-0.4, -0.2) is 51.7 Å². The second-order valence-electron chi connectivity index (χ2n) is 7.75. The normalized spacial score (nSPS) is 13.6. The van der Waals surface area contributed by atoms with E-state index in [1.165, 1.54) is 24.4 Å². The van der Waals surface area contributed by atoms with Crippen molar-refractivity contribution in [3.8, 4) is 5.69 Å². The first-order chi connectivity index (χ1) is 17.0. The molecule has 0 saturated carbocycles. The van der Waals surface area contributed by atoms with Gasteiger partial charge in [-0.2, -0.15) is 4.98 Å². The van der Waals surface area contributed by atoms with Crippen LogP contribution >= 0.6 is 0 Å². The Labute approximate surface area is 199 Å². The smallest absolute Gasteiger partial charge is 0.247 e. The number of benzene rings is 2. The number of nitrogens with zero attached hydrogens (tertiary/aromatic N) is 5. The molecule has 0 spiro atoms. The molecule has 1 amide bonds. The molecule has 0 aliphatic carbocycles. The minimum absolute atomic E-state index is 0.0767. The van der Waals surface area contributed by atoms with E-state index in [4.69, 9.17) is 4.74 Å². The number of imidazole rings is 1. The summed E-state index contributed by atoms with van der Waals surface area (Å²) in [6.07, 6.45) is 4.23. The number of ether oxygens (including phenoxy) is 1. The van der Waals surface area contributed by atoms with E-state index in [1.807, 2.05) is 6.07 Å². The molecule has 0 bridgehead atoms. The Morgan fingerprint density at radius 2 is 1.94 bits per heavy atom. The van der Waals surface area contributed by atoms with E-state index >= 15 is 0 Å². The van der Waals surface area contributed by atoms with Crippen molar-refractivity contribution in [2.45, 2.75) is 0 Å². The number of aromatic nitrogens is 4. The highest BCUT2D eigenvalue weighted by atomic mass is 19.2. The number of fused-ring (bicyclic) bond motifs is 1. The van der Waals surface area contributed by atoms with Crippen LogP contribution in [0.3, 0.4) is 0 Å². The molecule has 5 rings (SSSR count). The summed E-state index contributed by atoms with van der Waals surface area (Å²) in [7, 11) is 0. The van der Waals surface area contributed by atoms with Gasteiger partial charge in [0.1, 0.15) is 11.8 Å². The minimum atomic E-state index is -1.02. The first-order valence-corrected chi connectivity index (χ1v) is 10.8. The molecule has 0 atom stereocenters. The van der Waals surface area contributed by atoms with Crippen LogP contribution in [-0.2, 0) is 9.53 Å². The highest BCUT2D eigenvalue weighted by Crippen LogP contribution is 2.29. The molecule has 178 valence electrons. The van der Waals surface area contributed by atoms with Crippen LogP contribution in [0.2, 0.25) is 0 Å². The Bertz CT molecular complexity index is 1420. The first kappa shape index (κ1) is 22.4. The number of amides is 1. The molecule has 3 heterocycles. The molecule has 4 aromatic rings. The van der Waals surface area contributed by atoms with Gasteiger partial charge in [0.2, 0.25) is 11.9 Å². The van der Waals surface area contributed by atoms with Crippen molar-refractivity contribution in [1.29, 1.82) is 0 Å². The molecule has 2 aromatic carbocycles. The Hall–Kier alpha value is -4.38. The van der Waals surface area contributed by atoms with Crippen molar-refractivity contribution < 1.29 is 18.3 Å². The van der Waals surface area contributed by atoms with Gasteiger partial charge < -0.3 is 20.3 Å². The number of rotatable bonds is 6. The SMILES string of the molecule is C=CC(=O)Nc1cccc(-n2cnc3cnc(Nc4ccc(N5CCOCC5)c(F)c4F)nc32)c1. The van der Waals surface area contributed by atoms with Crippen LogP contribution in [0, 0.1) is 11.6 Å². The molecular formula is C24H21F2N7O2. The summed E-state index contributed by atoms with van der Waals surface area (Å²) in [5.41, 5.74) is 2.31. The number of carbonyl (C=O) groups excluding carboxylic acids is 1. The van der Waals surface area contributed by atoms with E-state index in [1.54, 1.807) is 34.0 Å². The molecule has 1 aliphatic heterocycles. The van der Waals surface area contributed by atoms with Crippen molar-refractivity contribution in [2.24, 2.45) is 0 Å². The minimum Gasteiger partial charge on any atom is -0.378 e. The fourth-order valence-electron chi connectivity index (χ4n) is 3.79. The van der Waals surface area contributed by atoms with Gasteiger partial charge in [-0.1, -0.05) is 12.6 Å². The van der Waals surface area contributed by atoms with Crippen molar-refractivity contribution in [3.05, 3.63) is 73.2 Å². The van der Waals surface area contributed by atoms with E-state index in [-0.39, 0.29) is 23.2 Å². The average molecular weight is 477 g/mol. The second-order valence-corrected chi connectivity index (χ2v) is 7.75. The molecule has 0 radical (unpaired) electrons. The Morgan fingerprint density at radius 3 is 2.74 bits per heavy atom. The Morgan fingerprint density at radius 1 is 1.11 bits per heavy atom. The molecule has 1 fully saturated rings. The van der Waals surface area contributed by atoms with Gasteiger partial charge in [0.15, 0.2) is 17.3 Å². The van der Waals surface area contributed by atoms with Gasteiger partial charge >= 0.3 is 0 Å². The third-order valence-corrected chi connectivity index (χ3v) is 5.53. The summed E-state index contributed by atoms with van der Waals surface area (Å²) in [5, 5.41) is 5.46. The van der Waals surface area contributed by atoms with Crippen LogP contribution in [0.15, 0.2) is 61.6 Å². The summed E-state index contributed by atoms with van der Waals surface area (Å²) in [5.74, 6) is -2.22. The number of nitrogens with one attached hydrogen (secondary N) is 2. The third kappa shape index (κ3) is 4.53. The first-order valence-electron chi connectivity index (χ1n) is 10.8. The van der Waals surface area contributed by atoms with E-state index in [0.29, 0.717) is 48.8 Å². The zero-order valence-corrected chi connectivity index (χ0v) is 18.5. The van der Waals surface area contributed by atoms with Gasteiger partial charge in [-0.05, 0) is 36.4 Å². The number of hydrogen-bond acceptors (Lipinski definition) is 7. The molecule has 0 unspecified atom stereocenters. The van der Waals surface area contributed by atoms with E-state index in [0.717, 1.165) is 0 Å². The summed E-state index contributed by atoms with van der Waals surface area (Å²) >= 11 is 0. The van der Waals surface area contributed by atoms with Gasteiger partial charge in [0.25, 0.3) is 0 Å². The number of carbonyl (C=O) groups is 1. The topological polar surface area (TPSA) is 97.2 Å². The summed E-state index contributed by atoms with van der Waals surface area (Å²) in [4.78, 5) is 26.3. The lowest BCUT2D eigenvalue weighted by atomic mass is 10.2. The summed E-state index contributed by atoms with van der Waals surface area (Å²) in [6, 6.07) is 10.1. The lowest BCUT2D eigenvalue weighted by Crippen LogP contribution is -2.36.